The highest BCUT2D eigenvalue weighted by Gasteiger charge is 2.47. The average Bonchev–Trinajstić information content (AvgIpc) is 3.66. The molecule has 0 radical (unpaired) electrons. The van der Waals surface area contributed by atoms with Crippen LogP contribution in [0.1, 0.15) is 57.8 Å². The van der Waals surface area contributed by atoms with Gasteiger partial charge in [0, 0.05) is 5.39 Å². The van der Waals surface area contributed by atoms with Gasteiger partial charge < -0.3 is 23.7 Å². The molecule has 10 nitrogen and oxygen atoms in total. The molecule has 1 aliphatic heterocycles. The number of Topliss-reactive ketones (excluding diaryl/α,β-unsaturated/α-hetero) is 1. The fourth-order valence-electron chi connectivity index (χ4n) is 4.72. The second kappa shape index (κ2) is 11.7. The summed E-state index contributed by atoms with van der Waals surface area (Å²) in [5, 5.41) is 12.0. The van der Waals surface area contributed by atoms with Crippen LogP contribution in [0.4, 0.5) is 5.13 Å². The Bertz CT molecular complexity index is 1680. The van der Waals surface area contributed by atoms with Crippen LogP contribution in [0, 0.1) is 12.8 Å². The molecule has 11 heteroatoms. The lowest BCUT2D eigenvalue weighted by Crippen LogP contribution is -2.31. The first kappa shape index (κ1) is 28.9. The van der Waals surface area contributed by atoms with Gasteiger partial charge in [0.1, 0.15) is 10.5 Å². The van der Waals surface area contributed by atoms with Crippen LogP contribution >= 0.6 is 11.3 Å². The third-order valence-corrected chi connectivity index (χ3v) is 8.06. The second-order valence-electron chi connectivity index (χ2n) is 10.2. The number of aliphatic hydroxyl groups is 1. The number of carbonyl (C=O) groups is 3. The van der Waals surface area contributed by atoms with Gasteiger partial charge in [-0.3, -0.25) is 14.5 Å². The number of aromatic nitrogens is 1. The maximum atomic E-state index is 13.9. The maximum Gasteiger partial charge on any atom is 0.350 e. The van der Waals surface area contributed by atoms with Crippen LogP contribution < -0.4 is 14.4 Å². The molecule has 0 saturated carbocycles. The van der Waals surface area contributed by atoms with E-state index in [0.717, 1.165) is 17.8 Å². The fourth-order valence-corrected chi connectivity index (χ4v) is 5.73. The molecule has 0 spiro atoms. The molecule has 0 fully saturated rings. The summed E-state index contributed by atoms with van der Waals surface area (Å²) >= 11 is 0.925. The lowest BCUT2D eigenvalue weighted by Gasteiger charge is -2.25. The molecule has 4 aromatic rings. The fraction of sp³-hybridized carbons (Fsp3) is 0.290. The van der Waals surface area contributed by atoms with Gasteiger partial charge in [0.05, 0.1) is 38.1 Å². The number of nitrogens with zero attached hydrogens (tertiary/aromatic N) is 2. The van der Waals surface area contributed by atoms with Gasteiger partial charge in [-0.1, -0.05) is 49.4 Å². The molecule has 218 valence electrons. The van der Waals surface area contributed by atoms with E-state index in [0.29, 0.717) is 46.3 Å². The third-order valence-electron chi connectivity index (χ3n) is 6.92. The smallest absolute Gasteiger partial charge is 0.350 e. The number of ether oxygens (including phenoxy) is 3. The Morgan fingerprint density at radius 1 is 1.12 bits per heavy atom. The molecule has 1 unspecified atom stereocenters. The molecular weight excluding hydrogens is 560 g/mol. The molecule has 42 heavy (non-hydrogen) atoms. The highest BCUT2D eigenvalue weighted by atomic mass is 32.1. The highest BCUT2D eigenvalue weighted by Crippen LogP contribution is 2.45. The summed E-state index contributed by atoms with van der Waals surface area (Å²) in [6, 6.07) is 12.6. The van der Waals surface area contributed by atoms with Crippen molar-refractivity contribution in [3.8, 4) is 11.5 Å². The summed E-state index contributed by atoms with van der Waals surface area (Å²) in [6.45, 7) is 6.29. The van der Waals surface area contributed by atoms with Gasteiger partial charge in [0.15, 0.2) is 28.1 Å². The molecule has 0 aliphatic carbocycles. The number of ketones is 1. The molecule has 1 aliphatic rings. The first-order valence-electron chi connectivity index (χ1n) is 13.3. The monoisotopic (exact) mass is 590 g/mol. The molecule has 0 bridgehead atoms. The molecular formula is C31H30N2O8S. The van der Waals surface area contributed by atoms with Gasteiger partial charge in [-0.2, -0.15) is 0 Å². The molecule has 5 rings (SSSR count). The molecule has 1 atom stereocenters. The van der Waals surface area contributed by atoms with Crippen molar-refractivity contribution in [2.75, 3.05) is 25.7 Å². The number of furan rings is 1. The topological polar surface area (TPSA) is 128 Å². The minimum Gasteiger partial charge on any atom is -0.503 e. The van der Waals surface area contributed by atoms with Gasteiger partial charge in [-0.25, -0.2) is 9.78 Å². The summed E-state index contributed by atoms with van der Waals surface area (Å²) in [6.07, 6.45) is 0.842. The van der Waals surface area contributed by atoms with E-state index in [4.69, 9.17) is 18.6 Å². The Balaban J connectivity index is 1.62. The van der Waals surface area contributed by atoms with E-state index in [2.05, 4.69) is 18.8 Å². The predicted octanol–water partition coefficient (Wildman–Crippen LogP) is 6.20. The minimum atomic E-state index is -1.12. The van der Waals surface area contributed by atoms with Gasteiger partial charge in [0.25, 0.3) is 5.91 Å². The number of amides is 1. The highest BCUT2D eigenvalue weighted by molar-refractivity contribution is 7.17. The average molecular weight is 591 g/mol. The first-order chi connectivity index (χ1) is 20.1. The lowest BCUT2D eigenvalue weighted by molar-refractivity contribution is -0.117. The standard InChI is InChI=1S/C31H30N2O8S/c1-16(2)12-13-40-21-11-10-19(15-22(21)38-4)25-24(26(34)23-14-18-8-6-7-9-20(18)41-23)27(35)29(36)33(25)31-32-17(3)28(42-31)30(37)39-5/h6-11,14-16,25,35H,12-13H2,1-5H3. The van der Waals surface area contributed by atoms with Crippen molar-refractivity contribution < 1.29 is 38.1 Å². The second-order valence-corrected chi connectivity index (χ2v) is 11.1. The quantitative estimate of drug-likeness (QED) is 0.170. The number of hydrogen-bond donors (Lipinski definition) is 1. The number of thiazole rings is 1. The van der Waals surface area contributed by atoms with Crippen molar-refractivity contribution in [2.45, 2.75) is 33.2 Å². The number of methoxy groups -OCH3 is 2. The molecule has 3 heterocycles. The van der Waals surface area contributed by atoms with E-state index >= 15 is 0 Å². The van der Waals surface area contributed by atoms with Crippen molar-refractivity contribution >= 4 is 45.1 Å². The number of benzene rings is 2. The number of aliphatic hydroxyl groups excluding tert-OH is 1. The summed E-state index contributed by atoms with van der Waals surface area (Å²) in [4.78, 5) is 45.7. The van der Waals surface area contributed by atoms with E-state index < -0.39 is 29.5 Å². The predicted molar refractivity (Wildman–Crippen MR) is 157 cm³/mol. The van der Waals surface area contributed by atoms with Gasteiger partial charge in [-0.15, -0.1) is 0 Å². The minimum absolute atomic E-state index is 0.0384. The molecule has 1 amide bonds. The summed E-state index contributed by atoms with van der Waals surface area (Å²) in [5.74, 6) is -1.57. The van der Waals surface area contributed by atoms with E-state index in [1.807, 2.05) is 6.07 Å². The van der Waals surface area contributed by atoms with Gasteiger partial charge >= 0.3 is 5.97 Å². The molecule has 2 aromatic carbocycles. The number of fused-ring (bicyclic) bond motifs is 1. The normalized spacial score (nSPS) is 15.1. The molecule has 2 aromatic heterocycles. The van der Waals surface area contributed by atoms with E-state index in [9.17, 15) is 19.5 Å². The first-order valence-corrected chi connectivity index (χ1v) is 14.1. The number of anilines is 1. The van der Waals surface area contributed by atoms with Crippen molar-refractivity contribution in [3.05, 3.63) is 81.8 Å². The molecule has 1 N–H and O–H groups in total. The van der Waals surface area contributed by atoms with Crippen LogP contribution in [0.2, 0.25) is 0 Å². The Kier molecular flexibility index (Phi) is 8.04. The Morgan fingerprint density at radius 3 is 2.57 bits per heavy atom. The number of rotatable bonds is 10. The van der Waals surface area contributed by atoms with Crippen molar-refractivity contribution in [1.29, 1.82) is 0 Å². The maximum absolute atomic E-state index is 13.9. The zero-order valence-corrected chi connectivity index (χ0v) is 24.6. The largest absolute Gasteiger partial charge is 0.503 e. The van der Waals surface area contributed by atoms with E-state index in [1.54, 1.807) is 49.4 Å². The van der Waals surface area contributed by atoms with Crippen LogP contribution in [-0.4, -0.2) is 48.6 Å². The van der Waals surface area contributed by atoms with Crippen LogP contribution in [0.15, 0.2) is 64.3 Å². The van der Waals surface area contributed by atoms with Gasteiger partial charge in [-0.05, 0) is 49.1 Å². The number of esters is 1. The van der Waals surface area contributed by atoms with Crippen LogP contribution in [-0.2, 0) is 9.53 Å². The third kappa shape index (κ3) is 5.23. The van der Waals surface area contributed by atoms with Gasteiger partial charge in [0.2, 0.25) is 5.78 Å². The number of aryl methyl sites for hydroxylation is 1. The number of para-hydroxylation sites is 1. The molecule has 0 saturated heterocycles. The van der Waals surface area contributed by atoms with Crippen molar-refractivity contribution in [3.63, 3.8) is 0 Å². The van der Waals surface area contributed by atoms with Crippen molar-refractivity contribution in [1.82, 2.24) is 4.98 Å². The van der Waals surface area contributed by atoms with E-state index in [-0.39, 0.29) is 21.3 Å². The van der Waals surface area contributed by atoms with Crippen LogP contribution in [0.5, 0.6) is 11.5 Å². The summed E-state index contributed by atoms with van der Waals surface area (Å²) in [5.41, 5.74) is 1.09. The summed E-state index contributed by atoms with van der Waals surface area (Å²) in [7, 11) is 2.74. The van der Waals surface area contributed by atoms with Crippen LogP contribution in [0.25, 0.3) is 11.0 Å². The van der Waals surface area contributed by atoms with Crippen molar-refractivity contribution in [2.24, 2.45) is 5.92 Å². The number of carbonyl (C=O) groups excluding carboxylic acids is 3. The number of hydrogen-bond acceptors (Lipinski definition) is 10. The Labute approximate surface area is 246 Å². The SMILES string of the molecule is COC(=O)c1sc(N2C(=O)C(O)=C(C(=O)c3cc4ccccc4o3)C2c2ccc(OCCC(C)C)c(OC)c2)nc1C. The van der Waals surface area contributed by atoms with E-state index in [1.165, 1.54) is 19.1 Å². The zero-order valence-electron chi connectivity index (χ0n) is 23.8. The Hall–Kier alpha value is -4.64. The lowest BCUT2D eigenvalue weighted by atomic mass is 9.95. The summed E-state index contributed by atoms with van der Waals surface area (Å²) < 4.78 is 22.2. The van der Waals surface area contributed by atoms with Crippen LogP contribution in [0.3, 0.4) is 0 Å². The Morgan fingerprint density at radius 2 is 1.88 bits per heavy atom. The zero-order chi connectivity index (χ0) is 30.1.